The highest BCUT2D eigenvalue weighted by Crippen LogP contribution is 2.27. The maximum absolute atomic E-state index is 5.45. The lowest BCUT2D eigenvalue weighted by atomic mass is 10.0. The first kappa shape index (κ1) is 16.5. The highest BCUT2D eigenvalue weighted by molar-refractivity contribution is 9.11. The minimum Gasteiger partial charge on any atom is -0.496 e. The molecule has 5 heteroatoms. The van der Waals surface area contributed by atoms with Crippen LogP contribution in [0.25, 0.3) is 0 Å². The van der Waals surface area contributed by atoms with Gasteiger partial charge in [0, 0.05) is 33.3 Å². The van der Waals surface area contributed by atoms with Gasteiger partial charge in [-0.1, -0.05) is 25.1 Å². The quantitative estimate of drug-likeness (QED) is 0.734. The lowest BCUT2D eigenvalue weighted by Gasteiger charge is -2.20. The van der Waals surface area contributed by atoms with Gasteiger partial charge in [0.2, 0.25) is 0 Å². The standard InChI is InChI=1S/C16H18Br2N2O/c1-3-14(12-6-4-5-7-16(12)21-2)20-10-15-13(18)8-11(17)9-19-15/h4-9,14,20H,3,10H2,1-2H3. The van der Waals surface area contributed by atoms with Crippen LogP contribution >= 0.6 is 31.9 Å². The van der Waals surface area contributed by atoms with Gasteiger partial charge in [-0.05, 0) is 50.4 Å². The Balaban J connectivity index is 2.12. The van der Waals surface area contributed by atoms with E-state index in [1.165, 1.54) is 5.56 Å². The molecule has 0 bridgehead atoms. The summed E-state index contributed by atoms with van der Waals surface area (Å²) in [6.07, 6.45) is 2.79. The van der Waals surface area contributed by atoms with E-state index in [0.717, 1.165) is 26.8 Å². The van der Waals surface area contributed by atoms with E-state index < -0.39 is 0 Å². The second-order valence-electron chi connectivity index (χ2n) is 4.67. The van der Waals surface area contributed by atoms with Gasteiger partial charge in [-0.25, -0.2) is 0 Å². The van der Waals surface area contributed by atoms with Crippen molar-refractivity contribution in [3.63, 3.8) is 0 Å². The Morgan fingerprint density at radius 1 is 1.29 bits per heavy atom. The minimum atomic E-state index is 0.235. The van der Waals surface area contributed by atoms with Gasteiger partial charge in [-0.15, -0.1) is 0 Å². The molecule has 0 amide bonds. The maximum Gasteiger partial charge on any atom is 0.123 e. The highest BCUT2D eigenvalue weighted by Gasteiger charge is 2.14. The molecule has 0 saturated carbocycles. The van der Waals surface area contributed by atoms with Crippen molar-refractivity contribution in [2.45, 2.75) is 25.9 Å². The van der Waals surface area contributed by atoms with Crippen LogP contribution < -0.4 is 10.1 Å². The second kappa shape index (κ2) is 7.92. The summed E-state index contributed by atoms with van der Waals surface area (Å²) in [5, 5.41) is 3.55. The average Bonchev–Trinajstić information content (AvgIpc) is 2.50. The monoisotopic (exact) mass is 412 g/mol. The molecule has 2 rings (SSSR count). The smallest absolute Gasteiger partial charge is 0.123 e. The lowest BCUT2D eigenvalue weighted by Crippen LogP contribution is -2.21. The maximum atomic E-state index is 5.45. The van der Waals surface area contributed by atoms with Crippen molar-refractivity contribution in [1.82, 2.24) is 10.3 Å². The number of hydrogen-bond acceptors (Lipinski definition) is 3. The number of hydrogen-bond donors (Lipinski definition) is 1. The molecule has 0 aliphatic heterocycles. The van der Waals surface area contributed by atoms with E-state index in [2.05, 4.69) is 55.2 Å². The van der Waals surface area contributed by atoms with Crippen molar-refractivity contribution >= 4 is 31.9 Å². The van der Waals surface area contributed by atoms with Gasteiger partial charge in [0.15, 0.2) is 0 Å². The predicted octanol–water partition coefficient (Wildman–Crippen LogP) is 4.86. The van der Waals surface area contributed by atoms with E-state index in [1.54, 1.807) is 7.11 Å². The van der Waals surface area contributed by atoms with Crippen LogP contribution in [0.4, 0.5) is 0 Å². The zero-order valence-corrected chi connectivity index (χ0v) is 15.2. The van der Waals surface area contributed by atoms with E-state index in [4.69, 9.17) is 4.74 Å². The lowest BCUT2D eigenvalue weighted by molar-refractivity contribution is 0.396. The van der Waals surface area contributed by atoms with E-state index >= 15 is 0 Å². The van der Waals surface area contributed by atoms with Crippen molar-refractivity contribution in [2.75, 3.05) is 7.11 Å². The Labute approximate surface area is 142 Å². The number of nitrogens with one attached hydrogen (secondary N) is 1. The number of aromatic nitrogens is 1. The van der Waals surface area contributed by atoms with E-state index in [-0.39, 0.29) is 6.04 Å². The van der Waals surface area contributed by atoms with Gasteiger partial charge in [0.25, 0.3) is 0 Å². The Bertz CT molecular complexity index is 605. The fourth-order valence-electron chi connectivity index (χ4n) is 2.22. The Kier molecular flexibility index (Phi) is 6.21. The molecule has 21 heavy (non-hydrogen) atoms. The zero-order chi connectivity index (χ0) is 15.2. The molecule has 0 aliphatic carbocycles. The third-order valence-corrected chi connectivity index (χ3v) is 4.44. The van der Waals surface area contributed by atoms with Crippen LogP contribution in [0.5, 0.6) is 5.75 Å². The SMILES string of the molecule is CCC(NCc1ncc(Br)cc1Br)c1ccccc1OC. The molecule has 112 valence electrons. The third-order valence-electron chi connectivity index (χ3n) is 3.32. The van der Waals surface area contributed by atoms with Crippen molar-refractivity contribution in [3.05, 3.63) is 56.7 Å². The first-order chi connectivity index (χ1) is 10.2. The molecule has 1 atom stereocenters. The van der Waals surface area contributed by atoms with Gasteiger partial charge < -0.3 is 10.1 Å². The average molecular weight is 414 g/mol. The molecule has 3 nitrogen and oxygen atoms in total. The van der Waals surface area contributed by atoms with Gasteiger partial charge in [-0.3, -0.25) is 4.98 Å². The van der Waals surface area contributed by atoms with Crippen molar-refractivity contribution in [1.29, 1.82) is 0 Å². The van der Waals surface area contributed by atoms with Crippen LogP contribution in [0.1, 0.15) is 30.6 Å². The van der Waals surface area contributed by atoms with E-state index in [1.807, 2.05) is 30.5 Å². The number of nitrogens with zero attached hydrogens (tertiary/aromatic N) is 1. The summed E-state index contributed by atoms with van der Waals surface area (Å²) in [5.41, 5.74) is 2.17. The fraction of sp³-hybridized carbons (Fsp3) is 0.312. The molecular weight excluding hydrogens is 396 g/mol. The van der Waals surface area contributed by atoms with Crippen LogP contribution in [0, 0.1) is 0 Å². The molecule has 0 radical (unpaired) electrons. The molecule has 0 fully saturated rings. The molecule has 2 aromatic rings. The predicted molar refractivity (Wildman–Crippen MR) is 92.5 cm³/mol. The van der Waals surface area contributed by atoms with Gasteiger partial charge in [-0.2, -0.15) is 0 Å². The van der Waals surface area contributed by atoms with Crippen LogP contribution in [0.3, 0.4) is 0 Å². The molecule has 0 saturated heterocycles. The van der Waals surface area contributed by atoms with E-state index in [0.29, 0.717) is 6.54 Å². The molecule has 1 heterocycles. The number of pyridine rings is 1. The van der Waals surface area contributed by atoms with Crippen molar-refractivity contribution in [2.24, 2.45) is 0 Å². The van der Waals surface area contributed by atoms with Crippen LogP contribution in [0.2, 0.25) is 0 Å². The summed E-state index contributed by atoms with van der Waals surface area (Å²) < 4.78 is 7.42. The Morgan fingerprint density at radius 3 is 2.71 bits per heavy atom. The van der Waals surface area contributed by atoms with Gasteiger partial charge in [0.05, 0.1) is 12.8 Å². The summed E-state index contributed by atoms with van der Waals surface area (Å²) in [4.78, 5) is 4.43. The first-order valence-electron chi connectivity index (χ1n) is 6.82. The Morgan fingerprint density at radius 2 is 2.05 bits per heavy atom. The molecule has 1 unspecified atom stereocenters. The van der Waals surface area contributed by atoms with Crippen LogP contribution in [-0.2, 0) is 6.54 Å². The molecule has 1 aromatic heterocycles. The van der Waals surface area contributed by atoms with Crippen LogP contribution in [0.15, 0.2) is 45.5 Å². The normalized spacial score (nSPS) is 12.2. The first-order valence-corrected chi connectivity index (χ1v) is 8.40. The highest BCUT2D eigenvalue weighted by atomic mass is 79.9. The number of ether oxygens (including phenoxy) is 1. The summed E-state index contributed by atoms with van der Waals surface area (Å²) >= 11 is 6.96. The largest absolute Gasteiger partial charge is 0.496 e. The molecular formula is C16H18Br2N2O. The molecule has 1 N–H and O–H groups in total. The fourth-order valence-corrected chi connectivity index (χ4v) is 3.35. The second-order valence-corrected chi connectivity index (χ2v) is 6.44. The summed E-state index contributed by atoms with van der Waals surface area (Å²) in [7, 11) is 1.71. The number of methoxy groups -OCH3 is 1. The van der Waals surface area contributed by atoms with Crippen molar-refractivity contribution < 1.29 is 4.74 Å². The van der Waals surface area contributed by atoms with Crippen LogP contribution in [-0.4, -0.2) is 12.1 Å². The Hall–Kier alpha value is -0.910. The number of rotatable bonds is 6. The summed E-state index contributed by atoms with van der Waals surface area (Å²) in [5.74, 6) is 0.916. The van der Waals surface area contributed by atoms with Crippen molar-refractivity contribution in [3.8, 4) is 5.75 Å². The molecule has 0 spiro atoms. The summed E-state index contributed by atoms with van der Waals surface area (Å²) in [6, 6.07) is 10.4. The van der Waals surface area contributed by atoms with Gasteiger partial charge >= 0.3 is 0 Å². The molecule has 1 aromatic carbocycles. The minimum absolute atomic E-state index is 0.235. The zero-order valence-electron chi connectivity index (χ0n) is 12.1. The summed E-state index contributed by atoms with van der Waals surface area (Å²) in [6.45, 7) is 2.86. The van der Waals surface area contributed by atoms with Gasteiger partial charge in [0.1, 0.15) is 5.75 Å². The third kappa shape index (κ3) is 4.28. The van der Waals surface area contributed by atoms with E-state index in [9.17, 15) is 0 Å². The number of para-hydroxylation sites is 1. The topological polar surface area (TPSA) is 34.2 Å². The number of halogens is 2. The molecule has 0 aliphatic rings. The number of benzene rings is 1.